The molecule has 32 heavy (non-hydrogen) atoms. The molecule has 0 spiro atoms. The molecule has 0 radical (unpaired) electrons. The van der Waals surface area contributed by atoms with Gasteiger partial charge in [0.15, 0.2) is 17.5 Å². The highest BCUT2D eigenvalue weighted by Crippen LogP contribution is 2.36. The van der Waals surface area contributed by atoms with Crippen LogP contribution in [0.3, 0.4) is 0 Å². The van der Waals surface area contributed by atoms with Crippen LogP contribution >= 0.6 is 11.6 Å². The number of quaternary nitrogens is 1. The highest BCUT2D eigenvalue weighted by molar-refractivity contribution is 6.31. The summed E-state index contributed by atoms with van der Waals surface area (Å²) in [6.45, 7) is 0.608. The zero-order valence-electron chi connectivity index (χ0n) is 16.7. The van der Waals surface area contributed by atoms with Gasteiger partial charge in [0.25, 0.3) is 5.91 Å². The molecule has 9 heteroatoms. The SMILES string of the molecule is O=C(Nc1ccc(Cl)c(C(F)(F)F)c1)[C@@H]([NH2+]Cc1ccc2c(c1)OCO2)c1ccccc1. The van der Waals surface area contributed by atoms with Gasteiger partial charge in [0.2, 0.25) is 6.79 Å². The standard InChI is InChI=1S/C23H18ClF3N2O3/c24-18-8-7-16(11-17(18)23(25,26)27)29-22(30)21(15-4-2-1-3-5-15)28-12-14-6-9-19-20(10-14)32-13-31-19/h1-11,21,28H,12-13H2,(H,29,30)/p+1/t21-/m0/s1. The predicted octanol–water partition coefficient (Wildman–Crippen LogP) is 4.53. The molecule has 0 saturated carbocycles. The van der Waals surface area contributed by atoms with Crippen LogP contribution in [0.15, 0.2) is 66.7 Å². The zero-order chi connectivity index (χ0) is 22.7. The minimum absolute atomic E-state index is 0.0177. The van der Waals surface area contributed by atoms with Crippen LogP contribution in [-0.4, -0.2) is 12.7 Å². The quantitative estimate of drug-likeness (QED) is 0.564. The predicted molar refractivity (Wildman–Crippen MR) is 112 cm³/mol. The van der Waals surface area contributed by atoms with Crippen LogP contribution < -0.4 is 20.1 Å². The van der Waals surface area contributed by atoms with Crippen molar-refractivity contribution in [3.63, 3.8) is 0 Å². The van der Waals surface area contributed by atoms with Crippen LogP contribution in [0.2, 0.25) is 5.02 Å². The van der Waals surface area contributed by atoms with E-state index < -0.39 is 28.7 Å². The lowest BCUT2D eigenvalue weighted by Crippen LogP contribution is -2.85. The molecule has 3 N–H and O–H groups in total. The molecule has 0 aromatic heterocycles. The van der Waals surface area contributed by atoms with E-state index in [0.29, 0.717) is 18.0 Å². The molecule has 0 unspecified atom stereocenters. The number of hydrogen-bond acceptors (Lipinski definition) is 3. The molecule has 1 heterocycles. The van der Waals surface area contributed by atoms with E-state index in [0.717, 1.165) is 23.3 Å². The minimum atomic E-state index is -4.62. The summed E-state index contributed by atoms with van der Waals surface area (Å²) in [5.74, 6) is 0.846. The van der Waals surface area contributed by atoms with Crippen LogP contribution in [0, 0.1) is 0 Å². The Morgan fingerprint density at radius 1 is 1.03 bits per heavy atom. The van der Waals surface area contributed by atoms with Crippen molar-refractivity contribution in [3.8, 4) is 11.5 Å². The van der Waals surface area contributed by atoms with E-state index >= 15 is 0 Å². The van der Waals surface area contributed by atoms with Crippen LogP contribution in [-0.2, 0) is 17.5 Å². The number of fused-ring (bicyclic) bond motifs is 1. The van der Waals surface area contributed by atoms with Gasteiger partial charge in [-0.05, 0) is 36.4 Å². The van der Waals surface area contributed by atoms with Crippen LogP contribution in [0.4, 0.5) is 18.9 Å². The normalized spacial score (nSPS) is 13.6. The van der Waals surface area contributed by atoms with Crippen LogP contribution in [0.25, 0.3) is 0 Å². The number of carbonyl (C=O) groups excluding carboxylic acids is 1. The average molecular weight is 464 g/mol. The van der Waals surface area contributed by atoms with E-state index in [4.69, 9.17) is 21.1 Å². The summed E-state index contributed by atoms with van der Waals surface area (Å²) in [6, 6.07) is 17.1. The number of hydrogen-bond donors (Lipinski definition) is 2. The third-order valence-corrected chi connectivity index (χ3v) is 5.34. The van der Waals surface area contributed by atoms with Gasteiger partial charge in [-0.1, -0.05) is 41.9 Å². The van der Waals surface area contributed by atoms with Crippen molar-refractivity contribution in [2.24, 2.45) is 0 Å². The number of ether oxygens (including phenoxy) is 2. The second kappa shape index (κ2) is 9.10. The molecule has 1 aliphatic rings. The first-order valence-corrected chi connectivity index (χ1v) is 10.1. The maximum absolute atomic E-state index is 13.2. The van der Waals surface area contributed by atoms with Gasteiger partial charge in [-0.3, -0.25) is 4.79 Å². The summed E-state index contributed by atoms with van der Waals surface area (Å²) in [6.07, 6.45) is -4.62. The molecule has 0 fully saturated rings. The number of carbonyl (C=O) groups is 1. The second-order valence-corrected chi connectivity index (χ2v) is 7.60. The summed E-state index contributed by atoms with van der Waals surface area (Å²) >= 11 is 5.68. The maximum atomic E-state index is 13.2. The molecule has 166 valence electrons. The van der Waals surface area contributed by atoms with Crippen molar-refractivity contribution < 1.29 is 32.8 Å². The third kappa shape index (κ3) is 4.98. The van der Waals surface area contributed by atoms with E-state index in [1.807, 2.05) is 23.5 Å². The molecule has 0 saturated heterocycles. The van der Waals surface area contributed by atoms with Gasteiger partial charge < -0.3 is 20.1 Å². The molecule has 3 aromatic rings. The molecule has 0 aliphatic carbocycles. The Morgan fingerprint density at radius 2 is 1.78 bits per heavy atom. The van der Waals surface area contributed by atoms with E-state index in [2.05, 4.69) is 5.32 Å². The van der Waals surface area contributed by atoms with Crippen molar-refractivity contribution in [1.29, 1.82) is 0 Å². The minimum Gasteiger partial charge on any atom is -0.454 e. The van der Waals surface area contributed by atoms with Gasteiger partial charge in [-0.25, -0.2) is 0 Å². The van der Waals surface area contributed by atoms with Crippen molar-refractivity contribution >= 4 is 23.2 Å². The Hall–Kier alpha value is -3.23. The Kier molecular flexibility index (Phi) is 6.25. The summed E-state index contributed by atoms with van der Waals surface area (Å²) in [5.41, 5.74) is 0.645. The second-order valence-electron chi connectivity index (χ2n) is 7.20. The number of amides is 1. The van der Waals surface area contributed by atoms with Gasteiger partial charge >= 0.3 is 6.18 Å². The summed E-state index contributed by atoms with van der Waals surface area (Å²) < 4.78 is 50.2. The van der Waals surface area contributed by atoms with Crippen LogP contribution in [0.1, 0.15) is 22.7 Å². The molecular formula is C23H19ClF3N2O3+. The zero-order valence-corrected chi connectivity index (χ0v) is 17.4. The van der Waals surface area contributed by atoms with Crippen molar-refractivity contribution in [2.45, 2.75) is 18.8 Å². The number of rotatable bonds is 6. The van der Waals surface area contributed by atoms with E-state index in [1.165, 1.54) is 6.07 Å². The summed E-state index contributed by atoms with van der Waals surface area (Å²) in [5, 5.41) is 3.97. The molecule has 1 amide bonds. The number of nitrogens with one attached hydrogen (secondary N) is 1. The van der Waals surface area contributed by atoms with Crippen molar-refractivity contribution in [1.82, 2.24) is 0 Å². The first-order chi connectivity index (χ1) is 15.3. The fourth-order valence-corrected chi connectivity index (χ4v) is 3.64. The summed E-state index contributed by atoms with van der Waals surface area (Å²) in [7, 11) is 0. The Labute approximate surface area is 187 Å². The highest BCUT2D eigenvalue weighted by Gasteiger charge is 2.34. The van der Waals surface area contributed by atoms with E-state index in [1.54, 1.807) is 30.3 Å². The Morgan fingerprint density at radius 3 is 2.53 bits per heavy atom. The lowest BCUT2D eigenvalue weighted by atomic mass is 10.0. The lowest BCUT2D eigenvalue weighted by molar-refractivity contribution is -0.697. The molecular weight excluding hydrogens is 445 g/mol. The number of benzene rings is 3. The van der Waals surface area contributed by atoms with E-state index in [9.17, 15) is 18.0 Å². The Balaban J connectivity index is 1.54. The first-order valence-electron chi connectivity index (χ1n) is 9.75. The molecule has 4 rings (SSSR count). The lowest BCUT2D eigenvalue weighted by Gasteiger charge is -2.17. The topological polar surface area (TPSA) is 64.2 Å². The number of halogens is 4. The maximum Gasteiger partial charge on any atom is 0.417 e. The van der Waals surface area contributed by atoms with Gasteiger partial charge in [0, 0.05) is 16.8 Å². The van der Waals surface area contributed by atoms with Crippen molar-refractivity contribution in [3.05, 3.63) is 88.4 Å². The summed E-state index contributed by atoms with van der Waals surface area (Å²) in [4.78, 5) is 13.1. The van der Waals surface area contributed by atoms with Gasteiger partial charge in [-0.15, -0.1) is 0 Å². The van der Waals surface area contributed by atoms with Gasteiger partial charge in [-0.2, -0.15) is 13.2 Å². The third-order valence-electron chi connectivity index (χ3n) is 5.01. The average Bonchev–Trinajstić information content (AvgIpc) is 3.23. The fourth-order valence-electron chi connectivity index (χ4n) is 3.42. The van der Waals surface area contributed by atoms with Crippen molar-refractivity contribution in [2.75, 3.05) is 12.1 Å². The largest absolute Gasteiger partial charge is 0.454 e. The highest BCUT2D eigenvalue weighted by atomic mass is 35.5. The monoisotopic (exact) mass is 463 g/mol. The first kappa shape index (κ1) is 22.0. The molecule has 5 nitrogen and oxygen atoms in total. The van der Waals surface area contributed by atoms with E-state index in [-0.39, 0.29) is 12.5 Å². The molecule has 1 aliphatic heterocycles. The van der Waals surface area contributed by atoms with Crippen LogP contribution in [0.5, 0.6) is 11.5 Å². The number of anilines is 1. The fraction of sp³-hybridized carbons (Fsp3) is 0.174. The molecule has 0 bridgehead atoms. The van der Waals surface area contributed by atoms with Gasteiger partial charge in [0.05, 0.1) is 10.6 Å². The number of nitrogens with two attached hydrogens (primary N) is 1. The molecule has 1 atom stereocenters. The Bertz CT molecular complexity index is 1120. The molecule has 3 aromatic carbocycles. The van der Waals surface area contributed by atoms with Gasteiger partial charge in [0.1, 0.15) is 6.54 Å². The smallest absolute Gasteiger partial charge is 0.417 e. The number of alkyl halides is 3.